The maximum atomic E-state index is 5.73. The first-order chi connectivity index (χ1) is 10.4. The molecule has 0 bridgehead atoms. The Balaban J connectivity index is 2.31. The van der Waals surface area contributed by atoms with Crippen LogP contribution < -0.4 is 0 Å². The van der Waals surface area contributed by atoms with E-state index in [2.05, 4.69) is 52.3 Å². The second-order valence-corrected chi connectivity index (χ2v) is 40.8. The van der Waals surface area contributed by atoms with Gasteiger partial charge in [0.25, 0.3) is 0 Å². The van der Waals surface area contributed by atoms with Gasteiger partial charge >= 0.3 is 165 Å². The summed E-state index contributed by atoms with van der Waals surface area (Å²) in [7, 11) is -2.78. The molecule has 0 saturated carbocycles. The molecule has 1 saturated heterocycles. The summed E-state index contributed by atoms with van der Waals surface area (Å²) in [4.78, 5) is 0. The molecule has 1 rings (SSSR count). The van der Waals surface area contributed by atoms with Gasteiger partial charge in [0.15, 0.2) is 0 Å². The van der Waals surface area contributed by atoms with Gasteiger partial charge in [0, 0.05) is 0 Å². The average Bonchev–Trinajstić information content (AvgIpc) is 2.43. The van der Waals surface area contributed by atoms with E-state index in [1.807, 2.05) is 0 Å². The van der Waals surface area contributed by atoms with Crippen LogP contribution in [0.2, 0.25) is 32.9 Å². The van der Waals surface area contributed by atoms with Crippen molar-refractivity contribution < 1.29 is 18.9 Å². The van der Waals surface area contributed by atoms with E-state index >= 15 is 0 Å². The van der Waals surface area contributed by atoms with Crippen LogP contribution in [0.5, 0.6) is 0 Å². The molecular weight excluding hydrogens is 644 g/mol. The average molecular weight is 674 g/mol. The van der Waals surface area contributed by atoms with Gasteiger partial charge < -0.3 is 0 Å². The van der Waals surface area contributed by atoms with Crippen LogP contribution in [0.3, 0.4) is 0 Å². The van der Waals surface area contributed by atoms with Crippen LogP contribution in [-0.4, -0.2) is 72.0 Å². The summed E-state index contributed by atoms with van der Waals surface area (Å²) >= 11 is 5.34. The van der Waals surface area contributed by atoms with Gasteiger partial charge in [0.2, 0.25) is 0 Å². The van der Waals surface area contributed by atoms with E-state index in [9.17, 15) is 0 Å². The van der Waals surface area contributed by atoms with E-state index in [0.717, 1.165) is 52.9 Å². The van der Waals surface area contributed by atoms with Gasteiger partial charge in [-0.1, -0.05) is 0 Å². The molecule has 1 fully saturated rings. The number of halogens is 2. The van der Waals surface area contributed by atoms with Gasteiger partial charge in [-0.3, -0.25) is 0 Å². The molecule has 0 aliphatic carbocycles. The third-order valence-electron chi connectivity index (χ3n) is 3.36. The first kappa shape index (κ1) is 22.4. The van der Waals surface area contributed by atoms with Gasteiger partial charge in [-0.05, 0) is 0 Å². The molecule has 0 aromatic heterocycles. The summed E-state index contributed by atoms with van der Waals surface area (Å²) in [6, 6.07) is 0. The minimum absolute atomic E-state index is 0.727. The van der Waals surface area contributed by atoms with Crippen molar-refractivity contribution in [2.45, 2.75) is 32.9 Å². The van der Waals surface area contributed by atoms with Crippen molar-refractivity contribution in [2.75, 3.05) is 52.9 Å². The molecule has 0 atom stereocenters. The van der Waals surface area contributed by atoms with Crippen molar-refractivity contribution in [3.63, 3.8) is 0 Å². The number of rotatable bonds is 0. The van der Waals surface area contributed by atoms with Crippen LogP contribution in [0.1, 0.15) is 0 Å². The Morgan fingerprint density at radius 2 is 0.727 bits per heavy atom. The Morgan fingerprint density at radius 3 is 0.955 bits per heavy atom. The van der Waals surface area contributed by atoms with Crippen LogP contribution in [0.25, 0.3) is 0 Å². The number of hydrogen-bond acceptors (Lipinski definition) is 4. The molecule has 0 spiro atoms. The van der Waals surface area contributed by atoms with Gasteiger partial charge in [-0.15, -0.1) is 0 Å². The van der Waals surface area contributed by atoms with E-state index in [1.165, 1.54) is 21.3 Å². The molecule has 22 heavy (non-hydrogen) atoms. The summed E-state index contributed by atoms with van der Waals surface area (Å²) < 4.78 is 22.9. The third kappa shape index (κ3) is 12.7. The Bertz CT molecular complexity index is 242. The normalized spacial score (nSPS) is 41.3. The number of ether oxygens (including phenoxy) is 4. The minimum atomic E-state index is -1.39. The predicted molar refractivity (Wildman–Crippen MR) is 114 cm³/mol. The molecular formula is C14H30I2O4Se2. The van der Waals surface area contributed by atoms with E-state index in [1.54, 1.807) is 0 Å². The van der Waals surface area contributed by atoms with Crippen LogP contribution in [0, 0.1) is 0 Å². The van der Waals surface area contributed by atoms with E-state index in [4.69, 9.17) is 18.9 Å². The Kier molecular flexibility index (Phi) is 12.9. The second kappa shape index (κ2) is 12.7. The third-order valence-corrected chi connectivity index (χ3v) is 21.1. The maximum absolute atomic E-state index is 5.73. The molecule has 0 radical (unpaired) electrons. The van der Waals surface area contributed by atoms with Crippen LogP contribution in [0.15, 0.2) is 0 Å². The van der Waals surface area contributed by atoms with Gasteiger partial charge in [0.1, 0.15) is 0 Å². The van der Waals surface area contributed by atoms with Crippen molar-refractivity contribution in [1.82, 2.24) is 0 Å². The molecule has 1 heterocycles. The summed E-state index contributed by atoms with van der Waals surface area (Å²) in [6.07, 6.45) is 0. The first-order valence-corrected chi connectivity index (χ1v) is 26.3. The zero-order valence-electron chi connectivity index (χ0n) is 13.7. The SMILES string of the molecule is C[Se]1(I)CCOCCOCC[Se](C)(I)CCOCCOCC1. The standard InChI is InChI=1S/C14H30I2O4Se2/c1-21(15)11-7-17-3-5-19-9-13-22(2,16)14-10-20-6-4-18-8-12-21/h3-14H2,1-2H3. The van der Waals surface area contributed by atoms with Crippen molar-refractivity contribution in [3.8, 4) is 0 Å². The first-order valence-electron chi connectivity index (χ1n) is 7.59. The van der Waals surface area contributed by atoms with Crippen molar-refractivity contribution in [3.05, 3.63) is 0 Å². The van der Waals surface area contributed by atoms with Crippen LogP contribution in [0.4, 0.5) is 0 Å². The van der Waals surface area contributed by atoms with Crippen molar-refractivity contribution in [2.24, 2.45) is 0 Å². The van der Waals surface area contributed by atoms with E-state index in [0.29, 0.717) is 0 Å². The molecule has 1 aliphatic rings. The Hall–Kier alpha value is 2.34. The van der Waals surface area contributed by atoms with E-state index < -0.39 is 19.2 Å². The Morgan fingerprint density at radius 1 is 0.500 bits per heavy atom. The summed E-state index contributed by atoms with van der Waals surface area (Å²) in [5.41, 5.74) is 0. The van der Waals surface area contributed by atoms with Crippen molar-refractivity contribution in [1.29, 1.82) is 0 Å². The molecule has 0 aromatic carbocycles. The fourth-order valence-electron chi connectivity index (χ4n) is 1.78. The van der Waals surface area contributed by atoms with E-state index in [-0.39, 0.29) is 0 Å². The van der Waals surface area contributed by atoms with Crippen LogP contribution in [-0.2, 0) is 18.9 Å². The molecule has 0 amide bonds. The molecule has 1 aliphatic heterocycles. The van der Waals surface area contributed by atoms with Gasteiger partial charge in [0.05, 0.1) is 0 Å². The van der Waals surface area contributed by atoms with Crippen LogP contribution >= 0.6 is 40.7 Å². The fraction of sp³-hybridized carbons (Fsp3) is 1.00. The zero-order chi connectivity index (χ0) is 16.3. The summed E-state index contributed by atoms with van der Waals surface area (Å²) in [6.45, 7) is 6.38. The summed E-state index contributed by atoms with van der Waals surface area (Å²) in [5.74, 6) is 4.84. The molecule has 4 nitrogen and oxygen atoms in total. The quantitative estimate of drug-likeness (QED) is 0.287. The monoisotopic (exact) mass is 676 g/mol. The van der Waals surface area contributed by atoms with Gasteiger partial charge in [-0.2, -0.15) is 0 Å². The molecule has 0 unspecified atom stereocenters. The van der Waals surface area contributed by atoms with Crippen molar-refractivity contribution >= 4 is 59.9 Å². The Labute approximate surface area is 163 Å². The molecule has 8 heteroatoms. The fourth-order valence-corrected chi connectivity index (χ4v) is 10.3. The van der Waals surface area contributed by atoms with Gasteiger partial charge in [-0.25, -0.2) is 0 Å². The molecule has 0 N–H and O–H groups in total. The second-order valence-electron chi connectivity index (χ2n) is 5.57. The topological polar surface area (TPSA) is 36.9 Å². The molecule has 136 valence electrons. The predicted octanol–water partition coefficient (Wildman–Crippen LogP) is 4.09. The summed E-state index contributed by atoms with van der Waals surface area (Å²) in [5, 5.41) is 4.82. The number of hydrogen-bond donors (Lipinski definition) is 0. The zero-order valence-corrected chi connectivity index (χ0v) is 21.4. The molecule has 0 aromatic rings.